The zero-order chi connectivity index (χ0) is 11.5. The van der Waals surface area contributed by atoms with E-state index in [9.17, 15) is 4.79 Å². The highest BCUT2D eigenvalue weighted by Crippen LogP contribution is 1.77. The number of carbonyl (C=O) groups is 1. The Morgan fingerprint density at radius 3 is 2.47 bits per heavy atom. The van der Waals surface area contributed by atoms with Crippen LogP contribution in [0.4, 0.5) is 4.79 Å². The van der Waals surface area contributed by atoms with Crippen LogP contribution in [0.25, 0.3) is 0 Å². The molecule has 0 fully saturated rings. The summed E-state index contributed by atoms with van der Waals surface area (Å²) in [5.41, 5.74) is 4.88. The third kappa shape index (κ3) is 10.8. The van der Waals surface area contributed by atoms with E-state index in [1.807, 2.05) is 0 Å². The molecule has 0 aromatic rings. The molecular weight excluding hydrogens is 216 g/mol. The van der Waals surface area contributed by atoms with Crippen LogP contribution in [0.3, 0.4) is 0 Å². The van der Waals surface area contributed by atoms with Crippen molar-refractivity contribution < 1.29 is 9.53 Å². The average molecular weight is 234 g/mol. The maximum absolute atomic E-state index is 10.3. The van der Waals surface area contributed by atoms with Crippen LogP contribution in [0.2, 0.25) is 0 Å². The molecule has 0 aromatic carbocycles. The molecule has 15 heavy (non-hydrogen) atoms. The van der Waals surface area contributed by atoms with Crippen LogP contribution in [-0.2, 0) is 4.74 Å². The van der Waals surface area contributed by atoms with Gasteiger partial charge in [-0.15, -0.1) is 0 Å². The molecule has 0 aromatic heterocycles. The molecule has 0 spiro atoms. The molecule has 0 atom stereocenters. The monoisotopic (exact) mass is 234 g/mol. The van der Waals surface area contributed by atoms with Gasteiger partial charge in [0.05, 0.1) is 0 Å². The number of ether oxygens (including phenoxy) is 1. The summed E-state index contributed by atoms with van der Waals surface area (Å²) in [4.78, 5) is 10.3. The molecule has 0 radical (unpaired) electrons. The molecule has 0 rings (SSSR count). The quantitative estimate of drug-likeness (QED) is 0.340. The topological polar surface area (TPSA) is 88.4 Å². The van der Waals surface area contributed by atoms with Gasteiger partial charge in [-0.3, -0.25) is 0 Å². The number of carbonyl (C=O) groups excluding carboxylic acids is 1. The number of hydrogen-bond acceptors (Lipinski definition) is 3. The number of nitrogens with two attached hydrogens (primary N) is 1. The van der Waals surface area contributed by atoms with E-state index < -0.39 is 6.03 Å². The summed E-state index contributed by atoms with van der Waals surface area (Å²) < 4.78 is 4.88. The maximum Gasteiger partial charge on any atom is 0.312 e. The molecule has 0 heterocycles. The highest BCUT2D eigenvalue weighted by Gasteiger charge is 1.94. The van der Waals surface area contributed by atoms with Crippen LogP contribution in [0.1, 0.15) is 6.42 Å². The second-order valence-electron chi connectivity index (χ2n) is 2.82. The number of amides is 2. The Kier molecular flexibility index (Phi) is 8.79. The number of nitrogens with one attached hydrogen (secondary N) is 3. The summed E-state index contributed by atoms with van der Waals surface area (Å²) in [5, 5.41) is 8.94. The fourth-order valence-corrected chi connectivity index (χ4v) is 1.05. The standard InChI is InChI=1S/C8H18N4O2S/c1-14-6-2-3-11-8(15)12-5-4-10-7(9)13/h2-6H2,1H3,(H3,9,10,13)(H2,11,12,15). The fraction of sp³-hybridized carbons (Fsp3) is 0.750. The van der Waals surface area contributed by atoms with Gasteiger partial charge >= 0.3 is 6.03 Å². The largest absolute Gasteiger partial charge is 0.385 e. The number of methoxy groups -OCH3 is 1. The van der Waals surface area contributed by atoms with E-state index in [-0.39, 0.29) is 0 Å². The van der Waals surface area contributed by atoms with Crippen molar-refractivity contribution in [3.8, 4) is 0 Å². The lowest BCUT2D eigenvalue weighted by Gasteiger charge is -2.10. The molecule has 88 valence electrons. The van der Waals surface area contributed by atoms with Gasteiger partial charge in [-0.2, -0.15) is 0 Å². The van der Waals surface area contributed by atoms with Gasteiger partial charge in [0.1, 0.15) is 0 Å². The molecule has 0 saturated heterocycles. The zero-order valence-corrected chi connectivity index (χ0v) is 9.65. The number of primary amides is 1. The molecule has 0 aliphatic carbocycles. The number of urea groups is 1. The van der Waals surface area contributed by atoms with Gasteiger partial charge in [-0.05, 0) is 18.6 Å². The summed E-state index contributed by atoms with van der Waals surface area (Å²) in [5.74, 6) is 0. The maximum atomic E-state index is 10.3. The summed E-state index contributed by atoms with van der Waals surface area (Å²) in [6.07, 6.45) is 0.901. The smallest absolute Gasteiger partial charge is 0.312 e. The number of hydrogen-bond donors (Lipinski definition) is 4. The van der Waals surface area contributed by atoms with E-state index in [0.717, 1.165) is 13.0 Å². The minimum Gasteiger partial charge on any atom is -0.385 e. The zero-order valence-electron chi connectivity index (χ0n) is 8.84. The molecule has 5 N–H and O–H groups in total. The summed E-state index contributed by atoms with van der Waals surface area (Å²) in [6.45, 7) is 2.48. The second-order valence-corrected chi connectivity index (χ2v) is 3.23. The lowest BCUT2D eigenvalue weighted by atomic mass is 10.4. The van der Waals surface area contributed by atoms with E-state index in [1.165, 1.54) is 0 Å². The molecule has 0 unspecified atom stereocenters. The third-order valence-corrected chi connectivity index (χ3v) is 1.81. The Hall–Kier alpha value is -1.08. The summed E-state index contributed by atoms with van der Waals surface area (Å²) in [6, 6.07) is -0.532. The Bertz CT molecular complexity index is 201. The van der Waals surface area contributed by atoms with Gasteiger partial charge in [-0.25, -0.2) is 4.79 Å². The molecule has 0 saturated carbocycles. The lowest BCUT2D eigenvalue weighted by molar-refractivity contribution is 0.195. The first kappa shape index (κ1) is 13.9. The van der Waals surface area contributed by atoms with E-state index in [1.54, 1.807) is 7.11 Å². The Balaban J connectivity index is 3.22. The summed E-state index contributed by atoms with van der Waals surface area (Å²) in [7, 11) is 1.66. The molecule has 0 aliphatic rings. The number of rotatable bonds is 7. The SMILES string of the molecule is COCCCNC(=S)NCCNC(N)=O. The lowest BCUT2D eigenvalue weighted by Crippen LogP contribution is -2.41. The molecule has 0 aliphatic heterocycles. The Morgan fingerprint density at radius 2 is 1.87 bits per heavy atom. The summed E-state index contributed by atoms with van der Waals surface area (Å²) >= 11 is 4.98. The van der Waals surface area contributed by atoms with E-state index >= 15 is 0 Å². The van der Waals surface area contributed by atoms with Crippen LogP contribution in [0, 0.1) is 0 Å². The molecule has 6 nitrogen and oxygen atoms in total. The fourth-order valence-electron chi connectivity index (χ4n) is 0.843. The van der Waals surface area contributed by atoms with Crippen LogP contribution < -0.4 is 21.7 Å². The highest BCUT2D eigenvalue weighted by molar-refractivity contribution is 7.80. The van der Waals surface area contributed by atoms with E-state index in [2.05, 4.69) is 16.0 Å². The van der Waals surface area contributed by atoms with Crippen LogP contribution in [-0.4, -0.2) is 44.5 Å². The van der Waals surface area contributed by atoms with Crippen molar-refractivity contribution in [1.29, 1.82) is 0 Å². The Labute approximate surface area is 94.9 Å². The van der Waals surface area contributed by atoms with Gasteiger partial charge in [0, 0.05) is 33.4 Å². The first-order valence-electron chi connectivity index (χ1n) is 4.70. The van der Waals surface area contributed by atoms with Crippen molar-refractivity contribution in [2.24, 2.45) is 5.73 Å². The van der Waals surface area contributed by atoms with Crippen molar-refractivity contribution in [3.05, 3.63) is 0 Å². The predicted octanol–water partition coefficient (Wildman–Crippen LogP) is -0.845. The Morgan fingerprint density at radius 1 is 1.27 bits per heavy atom. The average Bonchev–Trinajstić information content (AvgIpc) is 2.19. The van der Waals surface area contributed by atoms with Gasteiger partial charge in [-0.1, -0.05) is 0 Å². The van der Waals surface area contributed by atoms with Crippen molar-refractivity contribution in [2.75, 3.05) is 33.4 Å². The highest BCUT2D eigenvalue weighted by atomic mass is 32.1. The van der Waals surface area contributed by atoms with Gasteiger partial charge in [0.25, 0.3) is 0 Å². The van der Waals surface area contributed by atoms with Gasteiger partial charge in [0.2, 0.25) is 0 Å². The van der Waals surface area contributed by atoms with Crippen molar-refractivity contribution in [2.45, 2.75) is 6.42 Å². The van der Waals surface area contributed by atoms with E-state index in [0.29, 0.717) is 24.8 Å². The van der Waals surface area contributed by atoms with Gasteiger partial charge in [0.15, 0.2) is 5.11 Å². The van der Waals surface area contributed by atoms with Crippen LogP contribution in [0.5, 0.6) is 0 Å². The van der Waals surface area contributed by atoms with Crippen molar-refractivity contribution >= 4 is 23.4 Å². The second kappa shape index (κ2) is 9.47. The third-order valence-electron chi connectivity index (χ3n) is 1.52. The van der Waals surface area contributed by atoms with Crippen LogP contribution in [0.15, 0.2) is 0 Å². The first-order valence-corrected chi connectivity index (χ1v) is 5.11. The molecule has 7 heteroatoms. The minimum absolute atomic E-state index is 0.454. The normalized spacial score (nSPS) is 9.40. The minimum atomic E-state index is -0.532. The molecule has 2 amide bonds. The van der Waals surface area contributed by atoms with Crippen molar-refractivity contribution in [1.82, 2.24) is 16.0 Å². The molecular formula is C8H18N4O2S. The molecule has 0 bridgehead atoms. The van der Waals surface area contributed by atoms with Crippen molar-refractivity contribution in [3.63, 3.8) is 0 Å². The van der Waals surface area contributed by atoms with E-state index in [4.69, 9.17) is 22.7 Å². The van der Waals surface area contributed by atoms with Crippen LogP contribution >= 0.6 is 12.2 Å². The first-order chi connectivity index (χ1) is 7.16. The number of thiocarbonyl (C=S) groups is 1. The van der Waals surface area contributed by atoms with Gasteiger partial charge < -0.3 is 26.4 Å². The predicted molar refractivity (Wildman–Crippen MR) is 62.7 cm³/mol.